The summed E-state index contributed by atoms with van der Waals surface area (Å²) >= 11 is 0. The van der Waals surface area contributed by atoms with Gasteiger partial charge in [-0.25, -0.2) is 0 Å². The first-order chi connectivity index (χ1) is 8.27. The fourth-order valence-corrected chi connectivity index (χ4v) is 2.64. The van der Waals surface area contributed by atoms with Gasteiger partial charge in [-0.15, -0.1) is 5.73 Å². The average Bonchev–Trinajstić information content (AvgIpc) is 2.96. The van der Waals surface area contributed by atoms with Gasteiger partial charge in [0.15, 0.2) is 0 Å². The van der Waals surface area contributed by atoms with Gasteiger partial charge in [-0.05, 0) is 44.4 Å². The molecule has 0 aromatic rings. The Morgan fingerprint density at radius 1 is 1.50 bits per heavy atom. The number of ether oxygens (including phenoxy) is 2. The van der Waals surface area contributed by atoms with Gasteiger partial charge in [0.2, 0.25) is 0 Å². The molecule has 0 radical (unpaired) electrons. The van der Waals surface area contributed by atoms with E-state index in [2.05, 4.69) is 45.3 Å². The van der Waals surface area contributed by atoms with Crippen molar-refractivity contribution in [3.8, 4) is 0 Å². The number of hydrogen-bond acceptors (Lipinski definition) is 2. The monoisotopic (exact) mass is 268 g/mol. The SMILES string of the molecule is CO[C@@H](CCC(C)=C=CC[Si](C)(C)C)[C@@]1(C)CO1. The molecule has 1 rings (SSSR count). The molecule has 1 aliphatic rings. The van der Waals surface area contributed by atoms with Gasteiger partial charge in [0, 0.05) is 15.2 Å². The van der Waals surface area contributed by atoms with Crippen LogP contribution in [0.3, 0.4) is 0 Å². The van der Waals surface area contributed by atoms with Crippen molar-refractivity contribution >= 4 is 8.07 Å². The molecule has 0 bridgehead atoms. The van der Waals surface area contributed by atoms with Crippen LogP contribution in [0.5, 0.6) is 0 Å². The van der Waals surface area contributed by atoms with E-state index in [0.29, 0.717) is 0 Å². The van der Waals surface area contributed by atoms with Gasteiger partial charge in [0.25, 0.3) is 0 Å². The fraction of sp³-hybridized carbons (Fsp3) is 0.800. The number of hydrogen-bond donors (Lipinski definition) is 0. The number of methoxy groups -OCH3 is 1. The summed E-state index contributed by atoms with van der Waals surface area (Å²) in [7, 11) is 0.804. The Morgan fingerprint density at radius 2 is 2.11 bits per heavy atom. The van der Waals surface area contributed by atoms with Crippen molar-refractivity contribution in [3.63, 3.8) is 0 Å². The maximum atomic E-state index is 5.52. The molecule has 1 heterocycles. The molecule has 1 saturated heterocycles. The van der Waals surface area contributed by atoms with Crippen molar-refractivity contribution in [1.82, 2.24) is 0 Å². The highest BCUT2D eigenvalue weighted by molar-refractivity contribution is 6.76. The number of allylic oxidation sites excluding steroid dienone is 1. The molecule has 0 aromatic heterocycles. The van der Waals surface area contributed by atoms with Crippen molar-refractivity contribution in [2.24, 2.45) is 0 Å². The predicted molar refractivity (Wildman–Crippen MR) is 79.8 cm³/mol. The Labute approximate surface area is 113 Å². The minimum Gasteiger partial charge on any atom is -0.378 e. The molecule has 2 atom stereocenters. The first-order valence-electron chi connectivity index (χ1n) is 6.84. The maximum absolute atomic E-state index is 5.52. The second-order valence-electron chi connectivity index (χ2n) is 6.76. The van der Waals surface area contributed by atoms with Gasteiger partial charge in [-0.2, -0.15) is 0 Å². The molecule has 1 aliphatic heterocycles. The summed E-state index contributed by atoms with van der Waals surface area (Å²) < 4.78 is 11.0. The molecular weight excluding hydrogens is 240 g/mol. The van der Waals surface area contributed by atoms with Crippen molar-refractivity contribution in [2.45, 2.75) is 64.1 Å². The molecule has 0 aliphatic carbocycles. The second kappa shape index (κ2) is 6.20. The molecule has 0 unspecified atom stereocenters. The van der Waals surface area contributed by atoms with Crippen molar-refractivity contribution < 1.29 is 9.47 Å². The van der Waals surface area contributed by atoms with E-state index in [9.17, 15) is 0 Å². The van der Waals surface area contributed by atoms with E-state index < -0.39 is 8.07 Å². The maximum Gasteiger partial charge on any atom is 0.115 e. The first kappa shape index (κ1) is 15.7. The van der Waals surface area contributed by atoms with Crippen molar-refractivity contribution in [1.29, 1.82) is 0 Å². The van der Waals surface area contributed by atoms with Gasteiger partial charge in [-0.1, -0.05) is 19.6 Å². The molecule has 0 amide bonds. The van der Waals surface area contributed by atoms with Gasteiger partial charge in [0.1, 0.15) is 5.60 Å². The number of epoxide rings is 1. The average molecular weight is 268 g/mol. The lowest BCUT2D eigenvalue weighted by molar-refractivity contribution is 0.0320. The molecule has 3 heteroatoms. The highest BCUT2D eigenvalue weighted by atomic mass is 28.3. The van der Waals surface area contributed by atoms with E-state index in [4.69, 9.17) is 9.47 Å². The van der Waals surface area contributed by atoms with Gasteiger partial charge < -0.3 is 9.47 Å². The largest absolute Gasteiger partial charge is 0.378 e. The summed E-state index contributed by atoms with van der Waals surface area (Å²) in [6.07, 6.45) is 4.50. The van der Waals surface area contributed by atoms with Crippen LogP contribution in [0.15, 0.2) is 17.4 Å². The summed E-state index contributed by atoms with van der Waals surface area (Å²) in [5, 5.41) is 0. The lowest BCUT2D eigenvalue weighted by Crippen LogP contribution is -2.28. The summed E-state index contributed by atoms with van der Waals surface area (Å²) in [6.45, 7) is 12.3. The molecule has 1 fully saturated rings. The quantitative estimate of drug-likeness (QED) is 0.395. The smallest absolute Gasteiger partial charge is 0.115 e. The first-order valence-corrected chi connectivity index (χ1v) is 10.5. The second-order valence-corrected chi connectivity index (χ2v) is 12.3. The van der Waals surface area contributed by atoms with E-state index in [-0.39, 0.29) is 11.7 Å². The third-order valence-corrected chi connectivity index (χ3v) is 4.84. The van der Waals surface area contributed by atoms with E-state index in [1.165, 1.54) is 11.6 Å². The number of rotatable bonds is 7. The Bertz CT molecular complexity index is 331. The molecule has 0 aromatic carbocycles. The van der Waals surface area contributed by atoms with Crippen LogP contribution in [0.4, 0.5) is 0 Å². The van der Waals surface area contributed by atoms with Gasteiger partial charge in [-0.3, -0.25) is 0 Å². The summed E-state index contributed by atoms with van der Waals surface area (Å²) in [5.41, 5.74) is 4.71. The van der Waals surface area contributed by atoms with Crippen LogP contribution >= 0.6 is 0 Å². The lowest BCUT2D eigenvalue weighted by Gasteiger charge is -2.18. The molecule has 18 heavy (non-hydrogen) atoms. The summed E-state index contributed by atoms with van der Waals surface area (Å²) in [5.74, 6) is 0. The zero-order valence-corrected chi connectivity index (χ0v) is 13.8. The minimum absolute atomic E-state index is 0.0307. The van der Waals surface area contributed by atoms with Crippen LogP contribution in [0.1, 0.15) is 26.7 Å². The molecule has 0 N–H and O–H groups in total. The van der Waals surface area contributed by atoms with E-state index >= 15 is 0 Å². The van der Waals surface area contributed by atoms with E-state index in [1.807, 2.05) is 0 Å². The van der Waals surface area contributed by atoms with Crippen LogP contribution in [0.25, 0.3) is 0 Å². The Morgan fingerprint density at radius 3 is 2.56 bits per heavy atom. The third-order valence-electron chi connectivity index (χ3n) is 3.41. The predicted octanol–water partition coefficient (Wildman–Crippen LogP) is 4.01. The summed E-state index contributed by atoms with van der Waals surface area (Å²) in [4.78, 5) is 0. The molecule has 2 nitrogen and oxygen atoms in total. The van der Waals surface area contributed by atoms with Crippen LogP contribution in [-0.4, -0.2) is 33.5 Å². The highest BCUT2D eigenvalue weighted by Gasteiger charge is 2.47. The molecule has 0 saturated carbocycles. The Kier molecular flexibility index (Phi) is 5.41. The Balaban J connectivity index is 2.40. The lowest BCUT2D eigenvalue weighted by atomic mass is 9.99. The third kappa shape index (κ3) is 5.53. The molecule has 0 spiro atoms. The van der Waals surface area contributed by atoms with Gasteiger partial charge >= 0.3 is 0 Å². The van der Waals surface area contributed by atoms with Crippen molar-refractivity contribution in [3.05, 3.63) is 17.4 Å². The van der Waals surface area contributed by atoms with Crippen molar-refractivity contribution in [2.75, 3.05) is 13.7 Å². The summed E-state index contributed by atoms with van der Waals surface area (Å²) in [6, 6.07) is 1.21. The normalized spacial score (nSPS) is 24.3. The minimum atomic E-state index is -0.972. The highest BCUT2D eigenvalue weighted by Crippen LogP contribution is 2.34. The zero-order valence-electron chi connectivity index (χ0n) is 12.8. The van der Waals surface area contributed by atoms with Crippen LogP contribution in [0.2, 0.25) is 25.7 Å². The molecule has 104 valence electrons. The standard InChI is InChI=1S/C15H28O2Si/c1-13(8-7-11-18(4,5)6)9-10-14(16-3)15(2)12-17-15/h7,14H,9-12H2,1-6H3/t8?,14-,15+/m0/s1. The Hall–Kier alpha value is -0.343. The van der Waals surface area contributed by atoms with E-state index in [1.54, 1.807) is 7.11 Å². The zero-order chi connectivity index (χ0) is 13.8. The van der Waals surface area contributed by atoms with E-state index in [0.717, 1.165) is 19.4 Å². The van der Waals surface area contributed by atoms with Crippen LogP contribution in [0, 0.1) is 0 Å². The fourth-order valence-electron chi connectivity index (χ4n) is 1.92. The van der Waals surface area contributed by atoms with Crippen LogP contribution in [-0.2, 0) is 9.47 Å². The van der Waals surface area contributed by atoms with Crippen LogP contribution < -0.4 is 0 Å². The van der Waals surface area contributed by atoms with Gasteiger partial charge in [0.05, 0.1) is 12.7 Å². The molecular formula is C15H28O2Si. The topological polar surface area (TPSA) is 21.8 Å².